The number of hydrogen-bond acceptors (Lipinski definition) is 5. The van der Waals surface area contributed by atoms with Gasteiger partial charge in [0, 0.05) is 26.1 Å². The van der Waals surface area contributed by atoms with Gasteiger partial charge < -0.3 is 9.64 Å². The number of aryl methyl sites for hydroxylation is 2. The standard InChI is InChI=1S/C23H32N4O3/c1-2-30-22(29)23(13-6-11-20-9-4-3-5-10-20)14-8-15-26(17-23)21(28)12-7-16-27-19-24-18-25-27/h3-5,9-10,18-19H,2,6-8,11-17H2,1H3/t23-/m1/s1. The Morgan fingerprint density at radius 2 is 2.03 bits per heavy atom. The number of benzene rings is 1. The van der Waals surface area contributed by atoms with Gasteiger partial charge in [0.05, 0.1) is 12.0 Å². The Morgan fingerprint density at radius 3 is 2.77 bits per heavy atom. The van der Waals surface area contributed by atoms with Crippen LogP contribution in [0.3, 0.4) is 0 Å². The number of amides is 1. The normalized spacial score (nSPS) is 18.9. The summed E-state index contributed by atoms with van der Waals surface area (Å²) in [7, 11) is 0. The number of hydrogen-bond donors (Lipinski definition) is 0. The van der Waals surface area contributed by atoms with Crippen LogP contribution in [-0.2, 0) is 27.3 Å². The van der Waals surface area contributed by atoms with Gasteiger partial charge in [0.1, 0.15) is 12.7 Å². The van der Waals surface area contributed by atoms with Crippen molar-refractivity contribution in [3.8, 4) is 0 Å². The maximum Gasteiger partial charge on any atom is 0.313 e. The van der Waals surface area contributed by atoms with Crippen molar-refractivity contribution in [2.24, 2.45) is 5.41 Å². The molecule has 162 valence electrons. The van der Waals surface area contributed by atoms with Gasteiger partial charge in [0.25, 0.3) is 0 Å². The summed E-state index contributed by atoms with van der Waals surface area (Å²) < 4.78 is 7.18. The Bertz CT molecular complexity index is 794. The molecule has 1 aliphatic heterocycles. The SMILES string of the molecule is CCOC(=O)[C@]1(CCCc2ccccc2)CCCN(C(=O)CCCn2cncn2)C1. The fourth-order valence-electron chi connectivity index (χ4n) is 4.28. The number of ether oxygens (including phenoxy) is 1. The van der Waals surface area contributed by atoms with Crippen LogP contribution < -0.4 is 0 Å². The number of rotatable bonds is 10. The third-order valence-electron chi connectivity index (χ3n) is 5.85. The van der Waals surface area contributed by atoms with E-state index in [0.29, 0.717) is 39.1 Å². The number of nitrogens with zero attached hydrogens (tertiary/aromatic N) is 4. The average molecular weight is 413 g/mol. The molecule has 1 aromatic carbocycles. The van der Waals surface area contributed by atoms with Gasteiger partial charge in [-0.25, -0.2) is 4.98 Å². The maximum atomic E-state index is 12.9. The summed E-state index contributed by atoms with van der Waals surface area (Å²) in [6.07, 6.45) is 8.48. The van der Waals surface area contributed by atoms with E-state index in [2.05, 4.69) is 22.2 Å². The van der Waals surface area contributed by atoms with Gasteiger partial charge in [-0.15, -0.1) is 0 Å². The van der Waals surface area contributed by atoms with E-state index in [4.69, 9.17) is 4.74 Å². The summed E-state index contributed by atoms with van der Waals surface area (Å²) in [5.74, 6) is -0.0512. The lowest BCUT2D eigenvalue weighted by Gasteiger charge is -2.41. The van der Waals surface area contributed by atoms with E-state index >= 15 is 0 Å². The number of aromatic nitrogens is 3. The van der Waals surface area contributed by atoms with E-state index in [-0.39, 0.29) is 11.9 Å². The van der Waals surface area contributed by atoms with Crippen molar-refractivity contribution in [2.75, 3.05) is 19.7 Å². The van der Waals surface area contributed by atoms with Gasteiger partial charge in [-0.2, -0.15) is 5.10 Å². The van der Waals surface area contributed by atoms with Crippen molar-refractivity contribution in [1.82, 2.24) is 19.7 Å². The average Bonchev–Trinajstić information content (AvgIpc) is 3.28. The molecule has 0 unspecified atom stereocenters. The summed E-state index contributed by atoms with van der Waals surface area (Å²) in [6.45, 7) is 4.04. The van der Waals surface area contributed by atoms with Gasteiger partial charge >= 0.3 is 5.97 Å². The Labute approximate surface area is 178 Å². The second-order valence-corrected chi connectivity index (χ2v) is 8.02. The summed E-state index contributed by atoms with van der Waals surface area (Å²) >= 11 is 0. The molecule has 2 heterocycles. The monoisotopic (exact) mass is 412 g/mol. The highest BCUT2D eigenvalue weighted by molar-refractivity contribution is 5.80. The lowest BCUT2D eigenvalue weighted by molar-refractivity contribution is -0.161. The molecule has 1 amide bonds. The highest BCUT2D eigenvalue weighted by atomic mass is 16.5. The lowest BCUT2D eigenvalue weighted by atomic mass is 9.75. The zero-order valence-electron chi connectivity index (χ0n) is 17.8. The molecule has 30 heavy (non-hydrogen) atoms. The third kappa shape index (κ3) is 5.90. The Hall–Kier alpha value is -2.70. The molecule has 0 bridgehead atoms. The fraction of sp³-hybridized carbons (Fsp3) is 0.565. The molecule has 0 spiro atoms. The van der Waals surface area contributed by atoms with E-state index in [1.807, 2.05) is 30.0 Å². The third-order valence-corrected chi connectivity index (χ3v) is 5.85. The van der Waals surface area contributed by atoms with E-state index < -0.39 is 5.41 Å². The van der Waals surface area contributed by atoms with Crippen molar-refractivity contribution in [3.05, 3.63) is 48.5 Å². The molecule has 0 radical (unpaired) electrons. The molecule has 1 atom stereocenters. The van der Waals surface area contributed by atoms with E-state index in [1.165, 1.54) is 11.9 Å². The fourth-order valence-corrected chi connectivity index (χ4v) is 4.28. The van der Waals surface area contributed by atoms with Crippen LogP contribution in [0.4, 0.5) is 0 Å². The van der Waals surface area contributed by atoms with E-state index in [9.17, 15) is 9.59 Å². The molecule has 1 saturated heterocycles. The maximum absolute atomic E-state index is 12.9. The van der Waals surface area contributed by atoms with Gasteiger partial charge in [-0.3, -0.25) is 14.3 Å². The highest BCUT2D eigenvalue weighted by Gasteiger charge is 2.44. The quantitative estimate of drug-likeness (QED) is 0.560. The predicted molar refractivity (Wildman–Crippen MR) is 114 cm³/mol. The molecule has 3 rings (SSSR count). The molecule has 1 aromatic heterocycles. The second-order valence-electron chi connectivity index (χ2n) is 8.02. The zero-order chi connectivity index (χ0) is 21.2. The molecule has 2 aromatic rings. The molecule has 0 aliphatic carbocycles. The van der Waals surface area contributed by atoms with Gasteiger partial charge in [-0.05, 0) is 51.0 Å². The van der Waals surface area contributed by atoms with Crippen LogP contribution in [0.1, 0.15) is 51.0 Å². The summed E-state index contributed by atoms with van der Waals surface area (Å²) in [4.78, 5) is 31.5. The first-order valence-corrected chi connectivity index (χ1v) is 10.9. The molecule has 7 nitrogen and oxygen atoms in total. The van der Waals surface area contributed by atoms with E-state index in [0.717, 1.165) is 32.1 Å². The van der Waals surface area contributed by atoms with Crippen LogP contribution in [0, 0.1) is 5.41 Å². The topological polar surface area (TPSA) is 77.3 Å². The van der Waals surface area contributed by atoms with Crippen LogP contribution in [-0.4, -0.2) is 51.2 Å². The minimum Gasteiger partial charge on any atom is -0.466 e. The zero-order valence-corrected chi connectivity index (χ0v) is 17.8. The Morgan fingerprint density at radius 1 is 1.20 bits per heavy atom. The van der Waals surface area contributed by atoms with Crippen LogP contribution in [0.5, 0.6) is 0 Å². The molecule has 0 saturated carbocycles. The number of carbonyl (C=O) groups is 2. The second kappa shape index (κ2) is 10.9. The number of esters is 1. The van der Waals surface area contributed by atoms with Gasteiger partial charge in [0.2, 0.25) is 5.91 Å². The smallest absolute Gasteiger partial charge is 0.313 e. The molecular weight excluding hydrogens is 380 g/mol. The minimum absolute atomic E-state index is 0.103. The van der Waals surface area contributed by atoms with Crippen LogP contribution in [0.25, 0.3) is 0 Å². The predicted octanol–water partition coefficient (Wildman–Crippen LogP) is 3.25. The number of likely N-dealkylation sites (tertiary alicyclic amines) is 1. The highest BCUT2D eigenvalue weighted by Crippen LogP contribution is 2.37. The van der Waals surface area contributed by atoms with Crippen molar-refractivity contribution in [2.45, 2.75) is 58.4 Å². The first kappa shape index (κ1) is 22.0. The van der Waals surface area contributed by atoms with E-state index in [1.54, 1.807) is 11.0 Å². The Balaban J connectivity index is 1.58. The molecule has 1 aliphatic rings. The summed E-state index contributed by atoms with van der Waals surface area (Å²) in [5.41, 5.74) is 0.679. The molecule has 0 N–H and O–H groups in total. The molecule has 1 fully saturated rings. The minimum atomic E-state index is -0.593. The van der Waals surface area contributed by atoms with Crippen molar-refractivity contribution >= 4 is 11.9 Å². The van der Waals surface area contributed by atoms with Crippen molar-refractivity contribution < 1.29 is 14.3 Å². The molecule has 7 heteroatoms. The Kier molecular flexibility index (Phi) is 7.99. The van der Waals surface area contributed by atoms with Gasteiger partial charge in [0.15, 0.2) is 0 Å². The van der Waals surface area contributed by atoms with Gasteiger partial charge in [-0.1, -0.05) is 30.3 Å². The van der Waals surface area contributed by atoms with Crippen molar-refractivity contribution in [3.63, 3.8) is 0 Å². The first-order chi connectivity index (χ1) is 14.6. The lowest BCUT2D eigenvalue weighted by Crippen LogP contribution is -2.50. The van der Waals surface area contributed by atoms with Crippen LogP contribution in [0.15, 0.2) is 43.0 Å². The van der Waals surface area contributed by atoms with Crippen LogP contribution in [0.2, 0.25) is 0 Å². The first-order valence-electron chi connectivity index (χ1n) is 10.9. The molecular formula is C23H32N4O3. The van der Waals surface area contributed by atoms with Crippen LogP contribution >= 0.6 is 0 Å². The largest absolute Gasteiger partial charge is 0.466 e. The number of carbonyl (C=O) groups excluding carboxylic acids is 2. The van der Waals surface area contributed by atoms with Crippen molar-refractivity contribution in [1.29, 1.82) is 0 Å². The number of piperidine rings is 1. The summed E-state index contributed by atoms with van der Waals surface area (Å²) in [5, 5.41) is 4.07. The summed E-state index contributed by atoms with van der Waals surface area (Å²) in [6, 6.07) is 10.3.